The van der Waals surface area contributed by atoms with E-state index >= 15 is 0 Å². The van der Waals surface area contributed by atoms with Gasteiger partial charge in [-0.05, 0) is 18.2 Å². The minimum absolute atomic E-state index is 0.630. The number of aromatic nitrogens is 6. The van der Waals surface area contributed by atoms with E-state index in [-0.39, 0.29) is 0 Å². The van der Waals surface area contributed by atoms with Gasteiger partial charge in [-0.1, -0.05) is 0 Å². The average Bonchev–Trinajstić information content (AvgIpc) is 3.23. The average molecular weight is 291 g/mol. The summed E-state index contributed by atoms with van der Waals surface area (Å²) in [7, 11) is 0. The summed E-state index contributed by atoms with van der Waals surface area (Å²) in [6, 6.07) is 5.75. The first kappa shape index (κ1) is 12.5. The van der Waals surface area contributed by atoms with E-state index in [0.29, 0.717) is 6.54 Å². The van der Waals surface area contributed by atoms with Crippen LogP contribution in [0, 0.1) is 0 Å². The number of fused-ring (bicyclic) bond motifs is 1. The van der Waals surface area contributed by atoms with E-state index in [1.807, 2.05) is 41.2 Å². The molecule has 0 atom stereocenters. The minimum atomic E-state index is 0.630. The minimum Gasteiger partial charge on any atom is -0.376 e. The molecule has 0 saturated carbocycles. The van der Waals surface area contributed by atoms with Gasteiger partial charge in [-0.15, -0.1) is 0 Å². The molecule has 0 aliphatic heterocycles. The van der Waals surface area contributed by atoms with E-state index < -0.39 is 0 Å². The summed E-state index contributed by atoms with van der Waals surface area (Å²) >= 11 is 0. The number of imidazole rings is 1. The van der Waals surface area contributed by atoms with Gasteiger partial charge in [-0.3, -0.25) is 9.38 Å². The van der Waals surface area contributed by atoms with Gasteiger partial charge in [0.1, 0.15) is 0 Å². The molecule has 4 aromatic rings. The third kappa shape index (κ3) is 2.18. The van der Waals surface area contributed by atoms with Crippen molar-refractivity contribution < 1.29 is 0 Å². The molecule has 0 aliphatic rings. The quantitative estimate of drug-likeness (QED) is 0.622. The van der Waals surface area contributed by atoms with Gasteiger partial charge in [0.15, 0.2) is 11.5 Å². The van der Waals surface area contributed by atoms with Crippen molar-refractivity contribution in [1.29, 1.82) is 0 Å². The molecule has 4 heterocycles. The smallest absolute Gasteiger partial charge is 0.176 e. The molecule has 0 aromatic carbocycles. The Hall–Kier alpha value is -3.22. The number of rotatable bonds is 4. The van der Waals surface area contributed by atoms with Crippen molar-refractivity contribution in [1.82, 2.24) is 29.1 Å². The molecule has 1 N–H and O–H groups in total. The van der Waals surface area contributed by atoms with Crippen molar-refractivity contribution in [2.45, 2.75) is 6.54 Å². The van der Waals surface area contributed by atoms with Crippen LogP contribution in [0.15, 0.2) is 61.6 Å². The summed E-state index contributed by atoms with van der Waals surface area (Å²) in [6.45, 7) is 0.630. The molecule has 0 radical (unpaired) electrons. The topological polar surface area (TPSA) is 72.9 Å². The van der Waals surface area contributed by atoms with Crippen LogP contribution in [0.1, 0.15) is 5.69 Å². The van der Waals surface area contributed by atoms with Gasteiger partial charge in [0.05, 0.1) is 30.3 Å². The molecule has 0 aliphatic carbocycles. The Bertz CT molecular complexity index is 895. The lowest BCUT2D eigenvalue weighted by Gasteiger charge is -2.10. The van der Waals surface area contributed by atoms with Gasteiger partial charge in [-0.2, -0.15) is 5.10 Å². The number of hydrogen-bond donors (Lipinski definition) is 1. The highest BCUT2D eigenvalue weighted by atomic mass is 15.3. The maximum atomic E-state index is 4.39. The third-order valence-electron chi connectivity index (χ3n) is 3.36. The molecular weight excluding hydrogens is 278 g/mol. The summed E-state index contributed by atoms with van der Waals surface area (Å²) in [5, 5.41) is 7.62. The molecule has 7 nitrogen and oxygen atoms in total. The Labute approximate surface area is 126 Å². The third-order valence-corrected chi connectivity index (χ3v) is 3.36. The Morgan fingerprint density at radius 1 is 1.00 bits per heavy atom. The summed E-state index contributed by atoms with van der Waals surface area (Å²) in [6.07, 6.45) is 12.6. The van der Waals surface area contributed by atoms with E-state index in [2.05, 4.69) is 25.4 Å². The second-order valence-electron chi connectivity index (χ2n) is 4.73. The van der Waals surface area contributed by atoms with Crippen molar-refractivity contribution >= 4 is 11.3 Å². The lowest BCUT2D eigenvalue weighted by Crippen LogP contribution is -2.07. The van der Waals surface area contributed by atoms with Crippen LogP contribution in [-0.2, 0) is 6.54 Å². The molecule has 0 saturated heterocycles. The summed E-state index contributed by atoms with van der Waals surface area (Å²) in [4.78, 5) is 12.8. The molecule has 108 valence electrons. The first-order valence-corrected chi connectivity index (χ1v) is 6.87. The van der Waals surface area contributed by atoms with Gasteiger partial charge >= 0.3 is 0 Å². The van der Waals surface area contributed by atoms with E-state index in [4.69, 9.17) is 0 Å². The summed E-state index contributed by atoms with van der Waals surface area (Å²) < 4.78 is 3.74. The molecule has 0 bridgehead atoms. The first-order valence-electron chi connectivity index (χ1n) is 6.87. The molecule has 4 rings (SSSR count). The Balaban J connectivity index is 1.62. The van der Waals surface area contributed by atoms with Crippen molar-refractivity contribution in [3.8, 4) is 5.82 Å². The predicted octanol–water partition coefficient (Wildman–Crippen LogP) is 1.92. The highest BCUT2D eigenvalue weighted by molar-refractivity contribution is 5.56. The lowest BCUT2D eigenvalue weighted by molar-refractivity contribution is 0.845. The molecule has 4 aromatic heterocycles. The van der Waals surface area contributed by atoms with Crippen LogP contribution >= 0.6 is 0 Å². The van der Waals surface area contributed by atoms with Crippen LogP contribution in [0.2, 0.25) is 0 Å². The fourth-order valence-corrected chi connectivity index (χ4v) is 2.32. The molecule has 0 unspecified atom stereocenters. The largest absolute Gasteiger partial charge is 0.376 e. The fourth-order valence-electron chi connectivity index (χ4n) is 2.32. The zero-order valence-electron chi connectivity index (χ0n) is 11.7. The number of nitrogens with one attached hydrogen (secondary N) is 1. The van der Waals surface area contributed by atoms with Crippen molar-refractivity contribution in [2.75, 3.05) is 5.32 Å². The lowest BCUT2D eigenvalue weighted by atomic mass is 10.3. The monoisotopic (exact) mass is 291 g/mol. The van der Waals surface area contributed by atoms with Gasteiger partial charge in [0.2, 0.25) is 0 Å². The highest BCUT2D eigenvalue weighted by Crippen LogP contribution is 2.17. The zero-order chi connectivity index (χ0) is 14.8. The maximum Gasteiger partial charge on any atom is 0.176 e. The van der Waals surface area contributed by atoms with Crippen molar-refractivity contribution in [2.24, 2.45) is 0 Å². The molecule has 22 heavy (non-hydrogen) atoms. The van der Waals surface area contributed by atoms with Crippen LogP contribution < -0.4 is 5.32 Å². The van der Waals surface area contributed by atoms with Crippen LogP contribution in [0.25, 0.3) is 11.5 Å². The van der Waals surface area contributed by atoms with Gasteiger partial charge in [0.25, 0.3) is 0 Å². The summed E-state index contributed by atoms with van der Waals surface area (Å²) in [5.74, 6) is 0.767. The second kappa shape index (κ2) is 5.28. The first-order chi connectivity index (χ1) is 10.9. The standard InChI is InChI=1S/C15H13N7/c1-3-13(15(17-4-1)22-7-2-5-20-22)18-9-12-10-19-14-11-16-6-8-21(12)14/h1-8,10-11,18H,9H2. The van der Waals surface area contributed by atoms with E-state index in [1.165, 1.54) is 0 Å². The molecular formula is C15H13N7. The Kier molecular flexibility index (Phi) is 3.01. The van der Waals surface area contributed by atoms with Crippen LogP contribution in [0.4, 0.5) is 5.69 Å². The molecule has 7 heteroatoms. The maximum absolute atomic E-state index is 4.39. The predicted molar refractivity (Wildman–Crippen MR) is 81.7 cm³/mol. The normalized spacial score (nSPS) is 10.9. The number of pyridine rings is 1. The Morgan fingerprint density at radius 2 is 2.00 bits per heavy atom. The number of anilines is 1. The SMILES string of the molecule is c1cnc(-n2cccn2)c(NCc2cnc3cnccn23)c1. The number of nitrogens with zero attached hydrogens (tertiary/aromatic N) is 6. The second-order valence-corrected chi connectivity index (χ2v) is 4.73. The summed E-state index contributed by atoms with van der Waals surface area (Å²) in [5.41, 5.74) is 2.79. The highest BCUT2D eigenvalue weighted by Gasteiger charge is 2.07. The molecule has 0 amide bonds. The van der Waals surface area contributed by atoms with E-state index in [9.17, 15) is 0 Å². The van der Waals surface area contributed by atoms with Crippen LogP contribution in [0.3, 0.4) is 0 Å². The van der Waals surface area contributed by atoms with Gasteiger partial charge in [0, 0.05) is 31.0 Å². The molecule has 0 fully saturated rings. The van der Waals surface area contributed by atoms with Crippen LogP contribution in [-0.4, -0.2) is 29.1 Å². The Morgan fingerprint density at radius 3 is 2.91 bits per heavy atom. The van der Waals surface area contributed by atoms with E-state index in [0.717, 1.165) is 22.8 Å². The van der Waals surface area contributed by atoms with E-state index in [1.54, 1.807) is 29.5 Å². The molecule has 0 spiro atoms. The zero-order valence-corrected chi connectivity index (χ0v) is 11.7. The van der Waals surface area contributed by atoms with Crippen molar-refractivity contribution in [3.05, 3.63) is 67.3 Å². The van der Waals surface area contributed by atoms with Gasteiger partial charge in [-0.25, -0.2) is 14.6 Å². The van der Waals surface area contributed by atoms with Crippen LogP contribution in [0.5, 0.6) is 0 Å². The van der Waals surface area contributed by atoms with Crippen molar-refractivity contribution in [3.63, 3.8) is 0 Å². The van der Waals surface area contributed by atoms with Gasteiger partial charge < -0.3 is 5.32 Å². The fraction of sp³-hybridized carbons (Fsp3) is 0.0667. The number of hydrogen-bond acceptors (Lipinski definition) is 5.